The predicted molar refractivity (Wildman–Crippen MR) is 111 cm³/mol. The first-order chi connectivity index (χ1) is 14.5. The van der Waals surface area contributed by atoms with Gasteiger partial charge < -0.3 is 19.5 Å². The van der Waals surface area contributed by atoms with Gasteiger partial charge in [0.1, 0.15) is 0 Å². The zero-order valence-electron chi connectivity index (χ0n) is 17.0. The number of amides is 3. The Morgan fingerprint density at radius 1 is 1.00 bits per heavy atom. The van der Waals surface area contributed by atoms with Crippen molar-refractivity contribution in [1.82, 2.24) is 15.1 Å². The first kappa shape index (κ1) is 20.2. The van der Waals surface area contributed by atoms with E-state index in [1.54, 1.807) is 17.0 Å². The number of nitrogens with zero attached hydrogens (tertiary/aromatic N) is 2. The largest absolute Gasteiger partial charge is 0.459 e. The van der Waals surface area contributed by atoms with E-state index >= 15 is 0 Å². The normalized spacial score (nSPS) is 21.5. The van der Waals surface area contributed by atoms with E-state index in [2.05, 4.69) is 17.4 Å². The van der Waals surface area contributed by atoms with Crippen LogP contribution in [0.5, 0.6) is 0 Å². The average molecular weight is 409 g/mol. The Bertz CT molecular complexity index is 888. The molecule has 2 aromatic rings. The fourth-order valence-electron chi connectivity index (χ4n) is 4.39. The van der Waals surface area contributed by atoms with Crippen LogP contribution in [0, 0.1) is 0 Å². The van der Waals surface area contributed by atoms with E-state index in [4.69, 9.17) is 4.42 Å². The summed E-state index contributed by atoms with van der Waals surface area (Å²) in [5.74, 6) is 0.328. The summed E-state index contributed by atoms with van der Waals surface area (Å²) in [4.78, 5) is 40.7. The maximum Gasteiger partial charge on any atom is 0.289 e. The van der Waals surface area contributed by atoms with Crippen LogP contribution in [0.4, 0.5) is 0 Å². The minimum atomic E-state index is -0.356. The Morgan fingerprint density at radius 3 is 2.37 bits per heavy atom. The Morgan fingerprint density at radius 2 is 1.73 bits per heavy atom. The summed E-state index contributed by atoms with van der Waals surface area (Å²) in [7, 11) is 0. The molecule has 2 aliphatic rings. The molecule has 158 valence electrons. The molecule has 3 heterocycles. The average Bonchev–Trinajstić information content (AvgIpc) is 3.43. The summed E-state index contributed by atoms with van der Waals surface area (Å²) in [6, 6.07) is 13.4. The van der Waals surface area contributed by atoms with Gasteiger partial charge in [-0.25, -0.2) is 0 Å². The highest BCUT2D eigenvalue weighted by atomic mass is 16.3. The number of piperazine rings is 1. The van der Waals surface area contributed by atoms with Crippen molar-refractivity contribution in [2.75, 3.05) is 26.2 Å². The van der Waals surface area contributed by atoms with Gasteiger partial charge in [0.25, 0.3) is 5.91 Å². The monoisotopic (exact) mass is 409 g/mol. The minimum Gasteiger partial charge on any atom is -0.459 e. The quantitative estimate of drug-likeness (QED) is 0.793. The Kier molecular flexibility index (Phi) is 5.88. The maximum absolute atomic E-state index is 12.8. The van der Waals surface area contributed by atoms with Gasteiger partial charge in [0, 0.05) is 44.6 Å². The third-order valence-corrected chi connectivity index (χ3v) is 6.09. The lowest BCUT2D eigenvalue weighted by atomic mass is 9.85. The van der Waals surface area contributed by atoms with Crippen molar-refractivity contribution in [3.8, 4) is 0 Å². The molecule has 30 heavy (non-hydrogen) atoms. The number of furan rings is 1. The second-order valence-electron chi connectivity index (χ2n) is 8.14. The minimum absolute atomic E-state index is 0.0587. The van der Waals surface area contributed by atoms with Crippen LogP contribution >= 0.6 is 0 Å². The van der Waals surface area contributed by atoms with Gasteiger partial charge in [0.05, 0.1) is 6.26 Å². The highest BCUT2D eigenvalue weighted by molar-refractivity contribution is 5.91. The molecule has 7 heteroatoms. The van der Waals surface area contributed by atoms with Gasteiger partial charge in [0.15, 0.2) is 5.76 Å². The third kappa shape index (κ3) is 4.56. The number of hydrogen-bond donors (Lipinski definition) is 1. The summed E-state index contributed by atoms with van der Waals surface area (Å²) < 4.78 is 5.18. The maximum atomic E-state index is 12.8. The molecule has 0 aliphatic carbocycles. The standard InChI is InChI=1S/C23H27N3O4/c27-20-8-10-23(24-20,17-18-5-2-1-3-6-18)11-9-21(28)25-12-14-26(15-13-25)22(29)19-7-4-16-30-19/h1-7,16H,8-15,17H2,(H,24,27)/t23-/m0/s1. The van der Waals surface area contributed by atoms with Crippen LogP contribution in [0.15, 0.2) is 53.1 Å². The van der Waals surface area contributed by atoms with Gasteiger partial charge in [0.2, 0.25) is 11.8 Å². The molecule has 0 spiro atoms. The zero-order valence-corrected chi connectivity index (χ0v) is 17.0. The number of hydrogen-bond acceptors (Lipinski definition) is 4. The van der Waals surface area contributed by atoms with Gasteiger partial charge in [-0.15, -0.1) is 0 Å². The van der Waals surface area contributed by atoms with Gasteiger partial charge >= 0.3 is 0 Å². The first-order valence-corrected chi connectivity index (χ1v) is 10.5. The Labute approximate surface area is 176 Å². The van der Waals surface area contributed by atoms with Gasteiger partial charge in [-0.05, 0) is 37.0 Å². The SMILES string of the molecule is O=C1CC[C@](CCC(=O)N2CCN(C(=O)c3ccco3)CC2)(Cc2ccccc2)N1. The molecule has 7 nitrogen and oxygen atoms in total. The molecule has 0 bridgehead atoms. The lowest BCUT2D eigenvalue weighted by molar-refractivity contribution is -0.133. The van der Waals surface area contributed by atoms with Crippen molar-refractivity contribution >= 4 is 17.7 Å². The topological polar surface area (TPSA) is 82.9 Å². The number of nitrogens with one attached hydrogen (secondary N) is 1. The molecule has 0 radical (unpaired) electrons. The number of carbonyl (C=O) groups is 3. The molecule has 2 fully saturated rings. The smallest absolute Gasteiger partial charge is 0.289 e. The highest BCUT2D eigenvalue weighted by Gasteiger charge is 2.38. The van der Waals surface area contributed by atoms with Gasteiger partial charge in [-0.3, -0.25) is 14.4 Å². The molecular formula is C23H27N3O4. The molecule has 0 saturated carbocycles. The van der Waals surface area contributed by atoms with Crippen molar-refractivity contribution in [2.24, 2.45) is 0 Å². The predicted octanol–water partition coefficient (Wildman–Crippen LogP) is 2.24. The van der Waals surface area contributed by atoms with Crippen LogP contribution in [0.1, 0.15) is 41.8 Å². The van der Waals surface area contributed by atoms with E-state index in [-0.39, 0.29) is 23.3 Å². The zero-order chi connectivity index (χ0) is 21.0. The van der Waals surface area contributed by atoms with Crippen LogP contribution in [0.2, 0.25) is 0 Å². The Hall–Kier alpha value is -3.09. The van der Waals surface area contributed by atoms with Crippen LogP contribution in [-0.4, -0.2) is 59.2 Å². The van der Waals surface area contributed by atoms with Crippen LogP contribution in [0.25, 0.3) is 0 Å². The molecule has 1 aromatic heterocycles. The van der Waals surface area contributed by atoms with Gasteiger partial charge in [-0.1, -0.05) is 30.3 Å². The van der Waals surface area contributed by atoms with Crippen LogP contribution in [0.3, 0.4) is 0 Å². The molecule has 1 N–H and O–H groups in total. The lowest BCUT2D eigenvalue weighted by Crippen LogP contribution is -2.51. The molecular weight excluding hydrogens is 382 g/mol. The van der Waals surface area contributed by atoms with Crippen LogP contribution in [-0.2, 0) is 16.0 Å². The molecule has 1 atom stereocenters. The molecule has 2 saturated heterocycles. The van der Waals surface area contributed by atoms with Crippen molar-refractivity contribution in [3.63, 3.8) is 0 Å². The van der Waals surface area contributed by atoms with Crippen molar-refractivity contribution in [3.05, 3.63) is 60.1 Å². The summed E-state index contributed by atoms with van der Waals surface area (Å²) in [5, 5.41) is 3.14. The molecule has 1 aromatic carbocycles. The molecule has 2 aliphatic heterocycles. The second-order valence-corrected chi connectivity index (χ2v) is 8.14. The summed E-state index contributed by atoms with van der Waals surface area (Å²) in [6.07, 6.45) is 4.49. The fourth-order valence-corrected chi connectivity index (χ4v) is 4.39. The van der Waals surface area contributed by atoms with Crippen molar-refractivity contribution in [1.29, 1.82) is 0 Å². The summed E-state index contributed by atoms with van der Waals surface area (Å²) in [6.45, 7) is 2.03. The highest BCUT2D eigenvalue weighted by Crippen LogP contribution is 2.30. The van der Waals surface area contributed by atoms with E-state index < -0.39 is 0 Å². The molecule has 4 rings (SSSR count). The van der Waals surface area contributed by atoms with E-state index in [1.807, 2.05) is 23.1 Å². The summed E-state index contributed by atoms with van der Waals surface area (Å²) >= 11 is 0. The number of benzene rings is 1. The van der Waals surface area contributed by atoms with Gasteiger partial charge in [-0.2, -0.15) is 0 Å². The summed E-state index contributed by atoms with van der Waals surface area (Å²) in [5.41, 5.74) is 0.808. The van der Waals surface area contributed by atoms with E-state index in [1.165, 1.54) is 6.26 Å². The van der Waals surface area contributed by atoms with Crippen molar-refractivity contribution in [2.45, 2.75) is 37.6 Å². The van der Waals surface area contributed by atoms with E-state index in [0.717, 1.165) is 18.4 Å². The number of rotatable bonds is 6. The number of carbonyl (C=O) groups excluding carboxylic acids is 3. The van der Waals surface area contributed by atoms with Crippen LogP contribution < -0.4 is 5.32 Å². The second kappa shape index (κ2) is 8.73. The van der Waals surface area contributed by atoms with Crippen molar-refractivity contribution < 1.29 is 18.8 Å². The molecule has 3 amide bonds. The van der Waals surface area contributed by atoms with E-state index in [0.29, 0.717) is 51.2 Å². The first-order valence-electron chi connectivity index (χ1n) is 10.5. The van der Waals surface area contributed by atoms with E-state index in [9.17, 15) is 14.4 Å². The molecule has 0 unspecified atom stereocenters. The lowest BCUT2D eigenvalue weighted by Gasteiger charge is -2.35. The third-order valence-electron chi connectivity index (χ3n) is 6.09. The Balaban J connectivity index is 1.31. The fraction of sp³-hybridized carbons (Fsp3) is 0.435.